The van der Waals surface area contributed by atoms with E-state index in [9.17, 15) is 0 Å². The summed E-state index contributed by atoms with van der Waals surface area (Å²) in [7, 11) is 0. The maximum absolute atomic E-state index is 6.89. The Kier molecular flexibility index (Phi) is 9.50. The van der Waals surface area contributed by atoms with Gasteiger partial charge in [-0.15, -0.1) is 0 Å². The summed E-state index contributed by atoms with van der Waals surface area (Å²) < 4.78 is 6.89. The van der Waals surface area contributed by atoms with Crippen LogP contribution in [-0.4, -0.2) is 15.0 Å². The van der Waals surface area contributed by atoms with Crippen molar-refractivity contribution in [3.05, 3.63) is 230 Å². The first kappa shape index (κ1) is 39.6. The van der Waals surface area contributed by atoms with Gasteiger partial charge in [0.05, 0.1) is 0 Å². The molecule has 1 aliphatic rings. The molecule has 0 aliphatic heterocycles. The van der Waals surface area contributed by atoms with Crippen LogP contribution in [0, 0.1) is 0 Å². The SMILES string of the molecule is CC1CC=Cc2c(-c3cccc4oc5c(-c6ccc(-c7cccc8ccccc78)cc6)cccc5c34)cc(-c3nc(-c4ccccc4)nc(-c4ccc(-c5ccc6ccccc6c5)cc4)n3)cc21. The third-order valence-electron chi connectivity index (χ3n) is 13.8. The second-order valence-corrected chi connectivity index (χ2v) is 17.9. The molecule has 0 spiro atoms. The number of para-hydroxylation sites is 1. The zero-order chi connectivity index (χ0) is 45.1. The monoisotopic (exact) mass is 869 g/mol. The fourth-order valence-corrected chi connectivity index (χ4v) is 10.3. The van der Waals surface area contributed by atoms with E-state index < -0.39 is 0 Å². The minimum absolute atomic E-state index is 0.301. The van der Waals surface area contributed by atoms with Crippen molar-refractivity contribution in [3.63, 3.8) is 0 Å². The fraction of sp³-hybridized carbons (Fsp3) is 0.0469. The van der Waals surface area contributed by atoms with Gasteiger partial charge in [0.25, 0.3) is 0 Å². The normalized spacial score (nSPS) is 13.4. The molecular weight excluding hydrogens is 827 g/mol. The highest BCUT2D eigenvalue weighted by molar-refractivity contribution is 6.16. The second kappa shape index (κ2) is 16.3. The predicted molar refractivity (Wildman–Crippen MR) is 282 cm³/mol. The molecular formula is C64H43N3O. The molecule has 12 aromatic rings. The number of nitrogens with zero attached hydrogens (tertiary/aromatic N) is 3. The molecule has 1 aliphatic carbocycles. The molecule has 0 amide bonds. The van der Waals surface area contributed by atoms with Crippen LogP contribution in [0.3, 0.4) is 0 Å². The average Bonchev–Trinajstić information content (AvgIpc) is 3.80. The lowest BCUT2D eigenvalue weighted by molar-refractivity contribution is 0.670. The van der Waals surface area contributed by atoms with Crippen LogP contribution in [0.2, 0.25) is 0 Å². The van der Waals surface area contributed by atoms with Gasteiger partial charge in [-0.25, -0.2) is 15.0 Å². The molecule has 0 saturated heterocycles. The highest BCUT2D eigenvalue weighted by Gasteiger charge is 2.24. The number of allylic oxidation sites excluding steroid dienone is 1. The van der Waals surface area contributed by atoms with E-state index in [1.807, 2.05) is 18.2 Å². The zero-order valence-corrected chi connectivity index (χ0v) is 37.4. The van der Waals surface area contributed by atoms with Gasteiger partial charge < -0.3 is 4.42 Å². The van der Waals surface area contributed by atoms with Gasteiger partial charge in [-0.2, -0.15) is 0 Å². The molecule has 68 heavy (non-hydrogen) atoms. The summed E-state index contributed by atoms with van der Waals surface area (Å²) in [6, 6.07) is 75.4. The van der Waals surface area contributed by atoms with E-state index in [4.69, 9.17) is 19.4 Å². The minimum Gasteiger partial charge on any atom is -0.455 e. The van der Waals surface area contributed by atoms with E-state index in [0.29, 0.717) is 23.4 Å². The largest absolute Gasteiger partial charge is 0.455 e. The van der Waals surface area contributed by atoms with Gasteiger partial charge in [-0.3, -0.25) is 0 Å². The Labute approximate surface area is 394 Å². The highest BCUT2D eigenvalue weighted by Crippen LogP contribution is 2.46. The second-order valence-electron chi connectivity index (χ2n) is 17.9. The standard InChI is InChI=1S/C64H43N3O/c1-40-13-9-23-54-57(40)38-50(64-66-62(46-16-3-2-4-17-46)65-63(67-64)47-34-27-42(28-35-47)49-36-29-41-14-5-6-18-48(41)37-49)39-58(54)55-24-12-26-59-60(55)56-25-11-22-53(61(56)68-59)45-32-30-44(31-33-45)52-21-10-19-43-15-7-8-20-51(43)52/h2-12,14-40H,13H2,1H3. The molecule has 0 radical (unpaired) electrons. The van der Waals surface area contributed by atoms with Crippen LogP contribution in [0.25, 0.3) is 128 Å². The van der Waals surface area contributed by atoms with Crippen molar-refractivity contribution >= 4 is 49.6 Å². The van der Waals surface area contributed by atoms with Crippen LogP contribution in [0.1, 0.15) is 30.4 Å². The number of fused-ring (bicyclic) bond motifs is 6. The Morgan fingerprint density at radius 2 is 0.971 bits per heavy atom. The van der Waals surface area contributed by atoms with Gasteiger partial charge in [0.2, 0.25) is 0 Å². The van der Waals surface area contributed by atoms with Crippen LogP contribution in [-0.2, 0) is 0 Å². The van der Waals surface area contributed by atoms with Crippen LogP contribution < -0.4 is 0 Å². The molecule has 4 nitrogen and oxygen atoms in total. The molecule has 13 rings (SSSR count). The summed E-state index contributed by atoms with van der Waals surface area (Å²) in [6.45, 7) is 2.31. The van der Waals surface area contributed by atoms with Crippen LogP contribution in [0.5, 0.6) is 0 Å². The number of rotatable bonds is 7. The van der Waals surface area contributed by atoms with E-state index in [0.717, 1.165) is 72.9 Å². The summed E-state index contributed by atoms with van der Waals surface area (Å²) in [4.78, 5) is 15.6. The molecule has 0 bridgehead atoms. The van der Waals surface area contributed by atoms with Gasteiger partial charge in [-0.05, 0) is 108 Å². The first-order valence-corrected chi connectivity index (χ1v) is 23.4. The van der Waals surface area contributed by atoms with Crippen molar-refractivity contribution in [2.75, 3.05) is 0 Å². The Bertz CT molecular complexity index is 3940. The molecule has 4 heteroatoms. The van der Waals surface area contributed by atoms with Gasteiger partial charge in [0.15, 0.2) is 17.5 Å². The molecule has 2 heterocycles. The van der Waals surface area contributed by atoms with E-state index in [1.54, 1.807) is 0 Å². The molecule has 320 valence electrons. The maximum Gasteiger partial charge on any atom is 0.164 e. The molecule has 10 aromatic carbocycles. The number of furan rings is 1. The number of aromatic nitrogens is 3. The highest BCUT2D eigenvalue weighted by atomic mass is 16.3. The first-order chi connectivity index (χ1) is 33.6. The molecule has 2 aromatic heterocycles. The molecule has 1 atom stereocenters. The van der Waals surface area contributed by atoms with Gasteiger partial charge in [0, 0.05) is 33.0 Å². The molecule has 1 unspecified atom stereocenters. The minimum atomic E-state index is 0.301. The maximum atomic E-state index is 6.89. The number of benzene rings is 10. The Balaban J connectivity index is 0.934. The molecule has 0 fully saturated rings. The van der Waals surface area contributed by atoms with Crippen LogP contribution >= 0.6 is 0 Å². The van der Waals surface area contributed by atoms with Crippen molar-refractivity contribution in [2.45, 2.75) is 19.3 Å². The van der Waals surface area contributed by atoms with Gasteiger partial charge in [-0.1, -0.05) is 207 Å². The van der Waals surface area contributed by atoms with E-state index in [2.05, 4.69) is 213 Å². The third-order valence-corrected chi connectivity index (χ3v) is 13.8. The third kappa shape index (κ3) is 6.89. The van der Waals surface area contributed by atoms with Gasteiger partial charge in [0.1, 0.15) is 11.2 Å². The van der Waals surface area contributed by atoms with Crippen molar-refractivity contribution < 1.29 is 4.42 Å². The summed E-state index contributed by atoms with van der Waals surface area (Å²) in [5.41, 5.74) is 16.2. The van der Waals surface area contributed by atoms with E-state index in [-0.39, 0.29) is 0 Å². The smallest absolute Gasteiger partial charge is 0.164 e. The van der Waals surface area contributed by atoms with E-state index in [1.165, 1.54) is 49.4 Å². The quantitative estimate of drug-likeness (QED) is 0.160. The Morgan fingerprint density at radius 3 is 1.78 bits per heavy atom. The Hall–Kier alpha value is -8.73. The van der Waals surface area contributed by atoms with Crippen LogP contribution in [0.15, 0.2) is 223 Å². The summed E-state index contributed by atoms with van der Waals surface area (Å²) in [5, 5.41) is 7.12. The predicted octanol–water partition coefficient (Wildman–Crippen LogP) is 17.3. The van der Waals surface area contributed by atoms with Crippen LogP contribution in [0.4, 0.5) is 0 Å². The lowest BCUT2D eigenvalue weighted by Gasteiger charge is -2.23. The van der Waals surface area contributed by atoms with Crippen molar-refractivity contribution in [1.29, 1.82) is 0 Å². The fourth-order valence-electron chi connectivity index (χ4n) is 10.3. The Morgan fingerprint density at radius 1 is 0.397 bits per heavy atom. The summed E-state index contributed by atoms with van der Waals surface area (Å²) in [6.07, 6.45) is 5.56. The average molecular weight is 870 g/mol. The number of hydrogen-bond acceptors (Lipinski definition) is 4. The number of hydrogen-bond donors (Lipinski definition) is 0. The lowest BCUT2D eigenvalue weighted by Crippen LogP contribution is -2.05. The van der Waals surface area contributed by atoms with Crippen molar-refractivity contribution in [1.82, 2.24) is 15.0 Å². The molecule has 0 N–H and O–H groups in total. The first-order valence-electron chi connectivity index (χ1n) is 23.4. The molecule has 0 saturated carbocycles. The lowest BCUT2D eigenvalue weighted by atomic mass is 9.82. The van der Waals surface area contributed by atoms with Crippen molar-refractivity contribution in [2.24, 2.45) is 0 Å². The van der Waals surface area contributed by atoms with Gasteiger partial charge >= 0.3 is 0 Å². The zero-order valence-electron chi connectivity index (χ0n) is 37.4. The topological polar surface area (TPSA) is 51.8 Å². The van der Waals surface area contributed by atoms with E-state index >= 15 is 0 Å². The summed E-state index contributed by atoms with van der Waals surface area (Å²) >= 11 is 0. The summed E-state index contributed by atoms with van der Waals surface area (Å²) in [5.74, 6) is 2.20. The van der Waals surface area contributed by atoms with Crippen molar-refractivity contribution in [3.8, 4) is 78.7 Å².